The number of nitrogens with zero attached hydrogens (tertiary/aromatic N) is 2. The predicted octanol–water partition coefficient (Wildman–Crippen LogP) is 3.58. The molecule has 0 spiro atoms. The summed E-state index contributed by atoms with van der Waals surface area (Å²) < 4.78 is 11.8. The van der Waals surface area contributed by atoms with Gasteiger partial charge in [-0.25, -0.2) is 4.79 Å². The van der Waals surface area contributed by atoms with Gasteiger partial charge >= 0.3 is 6.03 Å². The number of hydrogen-bond acceptors (Lipinski definition) is 6. The summed E-state index contributed by atoms with van der Waals surface area (Å²) in [6.07, 6.45) is -0.278. The van der Waals surface area contributed by atoms with E-state index in [0.29, 0.717) is 36.6 Å². The highest BCUT2D eigenvalue weighted by Gasteiger charge is 2.34. The largest absolute Gasteiger partial charge is 0.497 e. The molecule has 2 aromatic rings. The van der Waals surface area contributed by atoms with Crippen LogP contribution < -0.4 is 20.1 Å². The monoisotopic (exact) mass is 512 g/mol. The van der Waals surface area contributed by atoms with Crippen molar-refractivity contribution in [3.8, 4) is 11.5 Å². The molecule has 3 amide bonds. The number of likely N-dealkylation sites (N-methyl/N-ethyl adjacent to an activating group) is 1. The number of aliphatic hydroxyl groups is 1. The lowest BCUT2D eigenvalue weighted by Gasteiger charge is -2.38. The number of para-hydroxylation sites is 1. The number of amides is 3. The van der Waals surface area contributed by atoms with Gasteiger partial charge in [0.2, 0.25) is 0 Å². The molecule has 0 aliphatic carbocycles. The van der Waals surface area contributed by atoms with Crippen molar-refractivity contribution in [3.05, 3.63) is 53.6 Å². The molecule has 9 nitrogen and oxygen atoms in total. The van der Waals surface area contributed by atoms with Gasteiger partial charge in [-0.2, -0.15) is 0 Å². The van der Waals surface area contributed by atoms with Crippen LogP contribution >= 0.6 is 0 Å². The molecule has 3 atom stereocenters. The van der Waals surface area contributed by atoms with E-state index >= 15 is 0 Å². The Morgan fingerprint density at radius 1 is 1.22 bits per heavy atom. The fourth-order valence-electron chi connectivity index (χ4n) is 4.39. The van der Waals surface area contributed by atoms with Gasteiger partial charge in [0.25, 0.3) is 5.91 Å². The van der Waals surface area contributed by atoms with E-state index in [1.807, 2.05) is 59.0 Å². The first-order chi connectivity index (χ1) is 17.6. The first-order valence-corrected chi connectivity index (χ1v) is 12.7. The van der Waals surface area contributed by atoms with Crippen molar-refractivity contribution in [2.75, 3.05) is 39.2 Å². The van der Waals surface area contributed by atoms with E-state index in [2.05, 4.69) is 15.5 Å². The third-order valence-electron chi connectivity index (χ3n) is 6.46. The van der Waals surface area contributed by atoms with Gasteiger partial charge in [0, 0.05) is 31.6 Å². The lowest BCUT2D eigenvalue weighted by molar-refractivity contribution is 0.0343. The number of rotatable bonds is 9. The van der Waals surface area contributed by atoms with Crippen LogP contribution in [0.3, 0.4) is 0 Å². The fourth-order valence-corrected chi connectivity index (χ4v) is 4.39. The van der Waals surface area contributed by atoms with Crippen LogP contribution in [0.1, 0.15) is 43.6 Å². The Kier molecular flexibility index (Phi) is 9.77. The van der Waals surface area contributed by atoms with Crippen molar-refractivity contribution < 1.29 is 24.2 Å². The molecule has 0 fully saturated rings. The van der Waals surface area contributed by atoms with Gasteiger partial charge in [0.1, 0.15) is 11.9 Å². The van der Waals surface area contributed by atoms with E-state index in [0.717, 1.165) is 11.3 Å². The predicted molar refractivity (Wildman–Crippen MR) is 144 cm³/mol. The zero-order valence-corrected chi connectivity index (χ0v) is 22.7. The van der Waals surface area contributed by atoms with E-state index < -0.39 is 0 Å². The van der Waals surface area contributed by atoms with Crippen molar-refractivity contribution in [1.82, 2.24) is 15.1 Å². The Bertz CT molecular complexity index is 1060. The number of hydrogen-bond donors (Lipinski definition) is 3. The van der Waals surface area contributed by atoms with E-state index in [9.17, 15) is 14.7 Å². The SMILES string of the molecule is COc1ccc(CN(C)C[C@@H]2Oc3c(NC(=O)NC(C)C)cccc3C(=O)N([C@@H](C)CO)C[C@@H]2C)cc1. The Morgan fingerprint density at radius 3 is 2.54 bits per heavy atom. The van der Waals surface area contributed by atoms with E-state index in [1.54, 1.807) is 30.2 Å². The van der Waals surface area contributed by atoms with Crippen molar-refractivity contribution in [1.29, 1.82) is 0 Å². The minimum Gasteiger partial charge on any atom is -0.497 e. The molecule has 0 aromatic heterocycles. The molecule has 3 N–H and O–H groups in total. The van der Waals surface area contributed by atoms with Gasteiger partial charge in [-0.1, -0.05) is 25.1 Å². The first-order valence-electron chi connectivity index (χ1n) is 12.7. The van der Waals surface area contributed by atoms with Gasteiger partial charge in [-0.05, 0) is 57.6 Å². The van der Waals surface area contributed by atoms with E-state index in [1.165, 1.54) is 0 Å². The van der Waals surface area contributed by atoms with Crippen molar-refractivity contribution in [2.24, 2.45) is 5.92 Å². The number of fused-ring (bicyclic) bond motifs is 1. The van der Waals surface area contributed by atoms with Gasteiger partial charge in [0.05, 0.1) is 31.0 Å². The first kappa shape index (κ1) is 28.3. The minimum atomic E-state index is -0.372. The Labute approximate surface area is 219 Å². The van der Waals surface area contributed by atoms with Crippen LogP contribution in [0.15, 0.2) is 42.5 Å². The molecular weight excluding hydrogens is 472 g/mol. The molecule has 1 heterocycles. The maximum atomic E-state index is 13.6. The zero-order chi connectivity index (χ0) is 27.1. The van der Waals surface area contributed by atoms with Crippen LogP contribution in [-0.2, 0) is 6.54 Å². The summed E-state index contributed by atoms with van der Waals surface area (Å²) in [7, 11) is 3.67. The highest BCUT2D eigenvalue weighted by atomic mass is 16.5. The Morgan fingerprint density at radius 2 is 1.92 bits per heavy atom. The highest BCUT2D eigenvalue weighted by molar-refractivity contribution is 6.01. The summed E-state index contributed by atoms with van der Waals surface area (Å²) in [6.45, 7) is 9.21. The van der Waals surface area contributed by atoms with Gasteiger partial charge in [-0.15, -0.1) is 0 Å². The second-order valence-corrected chi connectivity index (χ2v) is 10.1. The molecule has 3 rings (SSSR count). The average molecular weight is 513 g/mol. The van der Waals surface area contributed by atoms with Crippen molar-refractivity contribution in [3.63, 3.8) is 0 Å². The summed E-state index contributed by atoms with van der Waals surface area (Å²) in [5.41, 5.74) is 1.93. The van der Waals surface area contributed by atoms with Crippen LogP contribution in [-0.4, -0.2) is 78.9 Å². The summed E-state index contributed by atoms with van der Waals surface area (Å²) in [4.78, 5) is 29.9. The summed E-state index contributed by atoms with van der Waals surface area (Å²) in [5.74, 6) is 0.878. The fraction of sp³-hybridized carbons (Fsp3) is 0.500. The van der Waals surface area contributed by atoms with Crippen LogP contribution in [0.4, 0.5) is 10.5 Å². The number of carbonyl (C=O) groups is 2. The van der Waals surface area contributed by atoms with E-state index in [4.69, 9.17) is 9.47 Å². The molecule has 1 aliphatic rings. The van der Waals surface area contributed by atoms with Gasteiger partial charge in [-0.3, -0.25) is 9.69 Å². The Hall–Kier alpha value is -3.30. The number of urea groups is 1. The lowest BCUT2D eigenvalue weighted by Crippen LogP contribution is -2.49. The number of methoxy groups -OCH3 is 1. The molecule has 202 valence electrons. The highest BCUT2D eigenvalue weighted by Crippen LogP contribution is 2.35. The third kappa shape index (κ3) is 7.36. The molecule has 9 heteroatoms. The topological polar surface area (TPSA) is 103 Å². The maximum absolute atomic E-state index is 13.6. The van der Waals surface area contributed by atoms with Crippen molar-refractivity contribution in [2.45, 2.75) is 52.4 Å². The molecule has 0 radical (unpaired) electrons. The number of aliphatic hydroxyl groups excluding tert-OH is 1. The molecule has 0 unspecified atom stereocenters. The summed E-state index contributed by atoms with van der Waals surface area (Å²) in [6, 6.07) is 12.3. The second-order valence-electron chi connectivity index (χ2n) is 10.1. The quantitative estimate of drug-likeness (QED) is 0.475. The normalized spacial score (nSPS) is 18.5. The van der Waals surface area contributed by atoms with Crippen LogP contribution in [0.5, 0.6) is 11.5 Å². The smallest absolute Gasteiger partial charge is 0.319 e. The molecule has 37 heavy (non-hydrogen) atoms. The summed E-state index contributed by atoms with van der Waals surface area (Å²) >= 11 is 0. The number of nitrogens with one attached hydrogen (secondary N) is 2. The maximum Gasteiger partial charge on any atom is 0.319 e. The number of anilines is 1. The molecule has 1 aliphatic heterocycles. The van der Waals surface area contributed by atoms with Gasteiger partial charge < -0.3 is 30.1 Å². The minimum absolute atomic E-state index is 0.0398. The molecule has 0 saturated carbocycles. The van der Waals surface area contributed by atoms with E-state index in [-0.39, 0.29) is 42.7 Å². The van der Waals surface area contributed by atoms with Crippen LogP contribution in [0.25, 0.3) is 0 Å². The second kappa shape index (κ2) is 12.8. The number of carbonyl (C=O) groups excluding carboxylic acids is 2. The molecule has 0 saturated heterocycles. The summed E-state index contributed by atoms with van der Waals surface area (Å²) in [5, 5.41) is 15.5. The Balaban J connectivity index is 1.91. The standard InChI is InChI=1S/C28H40N4O5/c1-18(2)29-28(35)30-24-9-7-8-23-26(24)37-25(19(3)14-32(27(23)34)20(4)17-33)16-31(5)15-21-10-12-22(36-6)13-11-21/h7-13,18-20,25,33H,14-17H2,1-6H3,(H2,29,30,35)/t19-,20-,25-/m0/s1. The molecular formula is C28H40N4O5. The third-order valence-corrected chi connectivity index (χ3v) is 6.46. The van der Waals surface area contributed by atoms with Crippen molar-refractivity contribution >= 4 is 17.6 Å². The van der Waals surface area contributed by atoms with Gasteiger partial charge in [0.15, 0.2) is 5.75 Å². The lowest BCUT2D eigenvalue weighted by atomic mass is 9.99. The zero-order valence-electron chi connectivity index (χ0n) is 22.7. The van der Waals surface area contributed by atoms with Crippen LogP contribution in [0.2, 0.25) is 0 Å². The average Bonchev–Trinajstić information content (AvgIpc) is 2.86. The molecule has 2 aromatic carbocycles. The van der Waals surface area contributed by atoms with Crippen LogP contribution in [0, 0.1) is 5.92 Å². The number of benzene rings is 2. The molecule has 0 bridgehead atoms. The number of ether oxygens (including phenoxy) is 2.